The van der Waals surface area contributed by atoms with E-state index in [0.29, 0.717) is 6.42 Å². The van der Waals surface area contributed by atoms with E-state index < -0.39 is 12.1 Å². The molecule has 1 unspecified atom stereocenters. The molecule has 1 atom stereocenters. The van der Waals surface area contributed by atoms with Gasteiger partial charge in [-0.1, -0.05) is 19.8 Å². The molecular weight excluding hydrogens is 132 g/mol. The van der Waals surface area contributed by atoms with E-state index in [4.69, 9.17) is 9.84 Å². The van der Waals surface area contributed by atoms with Crippen LogP contribution in [0.5, 0.6) is 0 Å². The monoisotopic (exact) mass is 146 g/mol. The summed E-state index contributed by atoms with van der Waals surface area (Å²) in [5.74, 6) is -0.865. The Morgan fingerprint density at radius 3 is 2.60 bits per heavy atom. The van der Waals surface area contributed by atoms with E-state index in [0.717, 1.165) is 12.8 Å². The summed E-state index contributed by atoms with van der Waals surface area (Å²) in [6.45, 7) is 2.02. The Labute approximate surface area is 61.0 Å². The van der Waals surface area contributed by atoms with Crippen molar-refractivity contribution in [1.82, 2.24) is 0 Å². The van der Waals surface area contributed by atoms with Gasteiger partial charge in [-0.05, 0) is 6.42 Å². The number of rotatable bonds is 5. The highest BCUT2D eigenvalue weighted by molar-refractivity contribution is 5.72. The minimum Gasteiger partial charge on any atom is -0.479 e. The van der Waals surface area contributed by atoms with Crippen LogP contribution < -0.4 is 0 Å². The zero-order chi connectivity index (χ0) is 7.98. The highest BCUT2D eigenvalue weighted by Crippen LogP contribution is 2.03. The second-order valence-corrected chi connectivity index (χ2v) is 2.20. The molecule has 0 aliphatic heterocycles. The van der Waals surface area contributed by atoms with E-state index in [1.807, 2.05) is 6.92 Å². The fourth-order valence-electron chi connectivity index (χ4n) is 0.732. The summed E-state index contributed by atoms with van der Waals surface area (Å²) in [5.41, 5.74) is 0. The molecule has 0 fully saturated rings. The summed E-state index contributed by atoms with van der Waals surface area (Å²) in [6, 6.07) is 0. The number of aliphatic carboxylic acids is 1. The van der Waals surface area contributed by atoms with Gasteiger partial charge < -0.3 is 9.84 Å². The summed E-state index contributed by atoms with van der Waals surface area (Å²) >= 11 is 0. The van der Waals surface area contributed by atoms with E-state index in [1.165, 1.54) is 7.11 Å². The highest BCUT2D eigenvalue weighted by atomic mass is 16.5. The summed E-state index contributed by atoms with van der Waals surface area (Å²) in [6.07, 6.45) is 1.92. The summed E-state index contributed by atoms with van der Waals surface area (Å²) in [5, 5.41) is 8.47. The van der Waals surface area contributed by atoms with Crippen LogP contribution in [-0.4, -0.2) is 24.3 Å². The van der Waals surface area contributed by atoms with Crippen molar-refractivity contribution in [2.24, 2.45) is 0 Å². The molecular formula is C7H14O3. The molecule has 0 radical (unpaired) electrons. The third kappa shape index (κ3) is 3.45. The van der Waals surface area contributed by atoms with Crippen LogP contribution in [0.2, 0.25) is 0 Å². The number of carboxylic acids is 1. The lowest BCUT2D eigenvalue weighted by Gasteiger charge is -2.07. The number of methoxy groups -OCH3 is 1. The largest absolute Gasteiger partial charge is 0.479 e. The molecule has 0 bridgehead atoms. The van der Waals surface area contributed by atoms with Crippen molar-refractivity contribution in [3.05, 3.63) is 0 Å². The topological polar surface area (TPSA) is 46.5 Å². The van der Waals surface area contributed by atoms with E-state index in [2.05, 4.69) is 0 Å². The Bertz CT molecular complexity index is 101. The minimum atomic E-state index is -0.865. The van der Waals surface area contributed by atoms with Crippen LogP contribution in [-0.2, 0) is 9.53 Å². The van der Waals surface area contributed by atoms with Crippen molar-refractivity contribution < 1.29 is 14.6 Å². The van der Waals surface area contributed by atoms with Crippen molar-refractivity contribution in [3.8, 4) is 0 Å². The average Bonchev–Trinajstić information content (AvgIpc) is 1.89. The van der Waals surface area contributed by atoms with Gasteiger partial charge in [-0.2, -0.15) is 0 Å². The van der Waals surface area contributed by atoms with Crippen molar-refractivity contribution in [3.63, 3.8) is 0 Å². The maximum absolute atomic E-state index is 10.3. The quantitative estimate of drug-likeness (QED) is 0.635. The van der Waals surface area contributed by atoms with Gasteiger partial charge in [0.15, 0.2) is 6.10 Å². The van der Waals surface area contributed by atoms with Gasteiger partial charge >= 0.3 is 5.97 Å². The number of unbranched alkanes of at least 4 members (excludes halogenated alkanes) is 1. The number of hydrogen-bond acceptors (Lipinski definition) is 2. The van der Waals surface area contributed by atoms with E-state index in [1.54, 1.807) is 0 Å². The molecule has 60 valence electrons. The molecule has 0 aromatic heterocycles. The minimum absolute atomic E-state index is 0.611. The third-order valence-electron chi connectivity index (χ3n) is 1.38. The number of ether oxygens (including phenoxy) is 1. The van der Waals surface area contributed by atoms with Gasteiger partial charge in [-0.25, -0.2) is 4.79 Å². The van der Waals surface area contributed by atoms with Crippen LogP contribution in [0.4, 0.5) is 0 Å². The molecule has 0 aliphatic carbocycles. The van der Waals surface area contributed by atoms with Gasteiger partial charge in [0.25, 0.3) is 0 Å². The molecule has 0 aromatic carbocycles. The first-order valence-corrected chi connectivity index (χ1v) is 3.48. The lowest BCUT2D eigenvalue weighted by atomic mass is 10.2. The Hall–Kier alpha value is -0.570. The molecule has 0 rings (SSSR count). The molecule has 0 aromatic rings. The molecule has 3 heteroatoms. The molecule has 10 heavy (non-hydrogen) atoms. The zero-order valence-corrected chi connectivity index (χ0v) is 6.46. The van der Waals surface area contributed by atoms with Crippen molar-refractivity contribution in [2.75, 3.05) is 7.11 Å². The zero-order valence-electron chi connectivity index (χ0n) is 6.46. The highest BCUT2D eigenvalue weighted by Gasteiger charge is 2.14. The van der Waals surface area contributed by atoms with Crippen molar-refractivity contribution >= 4 is 5.97 Å². The molecule has 0 heterocycles. The lowest BCUT2D eigenvalue weighted by molar-refractivity contribution is -0.148. The Morgan fingerprint density at radius 1 is 1.70 bits per heavy atom. The van der Waals surface area contributed by atoms with Crippen LogP contribution in [0.15, 0.2) is 0 Å². The Morgan fingerprint density at radius 2 is 2.30 bits per heavy atom. The Kier molecular flexibility index (Phi) is 4.94. The SMILES string of the molecule is CCCCC(OC)C(=O)O. The lowest BCUT2D eigenvalue weighted by Crippen LogP contribution is -2.21. The Balaban J connectivity index is 3.50. The van der Waals surface area contributed by atoms with Crippen LogP contribution in [0, 0.1) is 0 Å². The second-order valence-electron chi connectivity index (χ2n) is 2.20. The molecule has 0 spiro atoms. The number of hydrogen-bond donors (Lipinski definition) is 1. The van der Waals surface area contributed by atoms with Gasteiger partial charge in [0.2, 0.25) is 0 Å². The standard InChI is InChI=1S/C7H14O3/c1-3-4-5-6(10-2)7(8)9/h6H,3-5H2,1-2H3,(H,8,9). The van der Waals surface area contributed by atoms with Crippen LogP contribution in [0.1, 0.15) is 26.2 Å². The first-order chi connectivity index (χ1) is 4.72. The molecule has 3 nitrogen and oxygen atoms in total. The third-order valence-corrected chi connectivity index (χ3v) is 1.38. The summed E-state index contributed by atoms with van der Waals surface area (Å²) in [7, 11) is 1.43. The predicted octanol–water partition coefficient (Wildman–Crippen LogP) is 1.28. The molecule has 0 aliphatic rings. The number of carbonyl (C=O) groups is 1. The van der Waals surface area contributed by atoms with Gasteiger partial charge in [-0.3, -0.25) is 0 Å². The van der Waals surface area contributed by atoms with Crippen LogP contribution >= 0.6 is 0 Å². The fourth-order valence-corrected chi connectivity index (χ4v) is 0.732. The van der Waals surface area contributed by atoms with Crippen LogP contribution in [0.25, 0.3) is 0 Å². The van der Waals surface area contributed by atoms with Gasteiger partial charge in [0.05, 0.1) is 0 Å². The van der Waals surface area contributed by atoms with Crippen molar-refractivity contribution in [2.45, 2.75) is 32.3 Å². The van der Waals surface area contributed by atoms with Gasteiger partial charge in [-0.15, -0.1) is 0 Å². The number of carboxylic acid groups (broad SMARTS) is 1. The second kappa shape index (κ2) is 5.23. The molecule has 0 saturated carbocycles. The smallest absolute Gasteiger partial charge is 0.332 e. The van der Waals surface area contributed by atoms with Gasteiger partial charge in [0, 0.05) is 7.11 Å². The van der Waals surface area contributed by atoms with E-state index >= 15 is 0 Å². The molecule has 0 saturated heterocycles. The first-order valence-electron chi connectivity index (χ1n) is 3.48. The predicted molar refractivity (Wildman–Crippen MR) is 38.0 cm³/mol. The van der Waals surface area contributed by atoms with E-state index in [-0.39, 0.29) is 0 Å². The van der Waals surface area contributed by atoms with E-state index in [9.17, 15) is 4.79 Å². The summed E-state index contributed by atoms with van der Waals surface area (Å²) in [4.78, 5) is 10.3. The maximum atomic E-state index is 10.3. The van der Waals surface area contributed by atoms with Crippen LogP contribution in [0.3, 0.4) is 0 Å². The molecule has 0 amide bonds. The molecule has 1 N–H and O–H groups in total. The maximum Gasteiger partial charge on any atom is 0.332 e. The normalized spacial score (nSPS) is 13.0. The first kappa shape index (κ1) is 9.43. The van der Waals surface area contributed by atoms with Crippen molar-refractivity contribution in [1.29, 1.82) is 0 Å². The van der Waals surface area contributed by atoms with Gasteiger partial charge in [0.1, 0.15) is 0 Å². The summed E-state index contributed by atoms with van der Waals surface area (Å²) < 4.78 is 4.71. The average molecular weight is 146 g/mol. The fraction of sp³-hybridized carbons (Fsp3) is 0.857.